The zero-order valence-electron chi connectivity index (χ0n) is 16.0. The van der Waals surface area contributed by atoms with Crippen LogP contribution in [0.4, 0.5) is 0 Å². The predicted octanol–water partition coefficient (Wildman–Crippen LogP) is 3.30. The van der Waals surface area contributed by atoms with Gasteiger partial charge in [-0.1, -0.05) is 44.2 Å². The molecule has 0 bridgehead atoms. The summed E-state index contributed by atoms with van der Waals surface area (Å²) in [6, 6.07) is 10.9. The number of likely N-dealkylation sites (tertiary alicyclic amines) is 1. The van der Waals surface area contributed by atoms with Crippen LogP contribution >= 0.6 is 0 Å². The molecule has 3 heteroatoms. The molecular formula is C22H34N2O. The predicted molar refractivity (Wildman–Crippen MR) is 103 cm³/mol. The molecule has 2 aliphatic heterocycles. The molecule has 1 saturated carbocycles. The van der Waals surface area contributed by atoms with E-state index in [-0.39, 0.29) is 0 Å². The van der Waals surface area contributed by atoms with E-state index in [1.165, 1.54) is 51.0 Å². The molecule has 0 amide bonds. The van der Waals surface area contributed by atoms with E-state index in [2.05, 4.69) is 54.0 Å². The summed E-state index contributed by atoms with van der Waals surface area (Å²) in [7, 11) is 0. The highest BCUT2D eigenvalue weighted by Crippen LogP contribution is 2.62. The molecule has 0 N–H and O–H groups in total. The first-order valence-corrected chi connectivity index (χ1v) is 10.1. The summed E-state index contributed by atoms with van der Waals surface area (Å²) in [4.78, 5) is 5.43. The second-order valence-corrected chi connectivity index (χ2v) is 9.29. The lowest BCUT2D eigenvalue weighted by atomic mass is 9.48. The highest BCUT2D eigenvalue weighted by molar-refractivity contribution is 5.15. The lowest BCUT2D eigenvalue weighted by molar-refractivity contribution is -0.0966. The Balaban J connectivity index is 1.33. The minimum Gasteiger partial charge on any atom is -0.379 e. The number of ether oxygens (including phenoxy) is 1. The molecule has 0 radical (unpaired) electrons. The molecule has 2 atom stereocenters. The topological polar surface area (TPSA) is 15.7 Å². The molecule has 0 aromatic heterocycles. The van der Waals surface area contributed by atoms with Gasteiger partial charge < -0.3 is 9.64 Å². The van der Waals surface area contributed by atoms with Crippen molar-refractivity contribution < 1.29 is 4.74 Å². The molecule has 4 rings (SSSR count). The minimum absolute atomic E-state index is 0.528. The lowest BCUT2D eigenvalue weighted by Crippen LogP contribution is -2.59. The Morgan fingerprint density at radius 1 is 1.08 bits per heavy atom. The highest BCUT2D eigenvalue weighted by Gasteiger charge is 2.62. The molecule has 138 valence electrons. The van der Waals surface area contributed by atoms with Crippen molar-refractivity contribution in [1.29, 1.82) is 0 Å². The van der Waals surface area contributed by atoms with Crippen LogP contribution in [-0.4, -0.2) is 62.3 Å². The minimum atomic E-state index is 0.528. The number of hydrogen-bond donors (Lipinski definition) is 0. The Bertz CT molecular complexity index is 567. The van der Waals surface area contributed by atoms with Gasteiger partial charge in [-0.05, 0) is 42.7 Å². The summed E-state index contributed by atoms with van der Waals surface area (Å²) < 4.78 is 5.55. The molecule has 0 spiro atoms. The van der Waals surface area contributed by atoms with Gasteiger partial charge in [-0.25, -0.2) is 0 Å². The maximum Gasteiger partial charge on any atom is 0.0594 e. The van der Waals surface area contributed by atoms with Gasteiger partial charge in [-0.15, -0.1) is 0 Å². The van der Waals surface area contributed by atoms with E-state index in [0.717, 1.165) is 32.2 Å². The number of hydrogen-bond acceptors (Lipinski definition) is 3. The van der Waals surface area contributed by atoms with Gasteiger partial charge >= 0.3 is 0 Å². The quantitative estimate of drug-likeness (QED) is 0.789. The fraction of sp³-hybridized carbons (Fsp3) is 0.727. The third kappa shape index (κ3) is 3.65. The molecule has 1 aliphatic carbocycles. The van der Waals surface area contributed by atoms with E-state index in [9.17, 15) is 0 Å². The highest BCUT2D eigenvalue weighted by atomic mass is 16.5. The smallest absolute Gasteiger partial charge is 0.0594 e. The summed E-state index contributed by atoms with van der Waals surface area (Å²) in [5.41, 5.74) is 2.56. The van der Waals surface area contributed by atoms with Gasteiger partial charge in [-0.2, -0.15) is 0 Å². The lowest BCUT2D eigenvalue weighted by Gasteiger charge is -2.58. The van der Waals surface area contributed by atoms with Crippen LogP contribution in [0.3, 0.4) is 0 Å². The Morgan fingerprint density at radius 3 is 2.56 bits per heavy atom. The number of aryl methyl sites for hydroxylation is 1. The van der Waals surface area contributed by atoms with E-state index in [0.29, 0.717) is 10.8 Å². The molecular weight excluding hydrogens is 308 g/mol. The number of nitrogens with zero attached hydrogens (tertiary/aromatic N) is 2. The number of morpholine rings is 1. The maximum absolute atomic E-state index is 5.55. The van der Waals surface area contributed by atoms with E-state index in [4.69, 9.17) is 4.74 Å². The first kappa shape index (κ1) is 17.5. The summed E-state index contributed by atoms with van der Waals surface area (Å²) in [6.45, 7) is 14.2. The van der Waals surface area contributed by atoms with Crippen LogP contribution in [0, 0.1) is 16.7 Å². The third-order valence-corrected chi connectivity index (χ3v) is 6.89. The second-order valence-electron chi connectivity index (χ2n) is 9.29. The molecule has 2 saturated heterocycles. The number of rotatable bonds is 6. The van der Waals surface area contributed by atoms with Crippen molar-refractivity contribution in [3.05, 3.63) is 35.9 Å². The molecule has 3 fully saturated rings. The van der Waals surface area contributed by atoms with Gasteiger partial charge in [0.1, 0.15) is 0 Å². The van der Waals surface area contributed by atoms with Crippen LogP contribution in [0.2, 0.25) is 0 Å². The maximum atomic E-state index is 5.55. The first-order chi connectivity index (χ1) is 12.1. The Labute approximate surface area is 153 Å². The first-order valence-electron chi connectivity index (χ1n) is 10.1. The van der Waals surface area contributed by atoms with Gasteiger partial charge in [0.05, 0.1) is 13.2 Å². The van der Waals surface area contributed by atoms with E-state index in [1.54, 1.807) is 0 Å². The normalized spacial score (nSPS) is 32.3. The third-order valence-electron chi connectivity index (χ3n) is 6.89. The van der Waals surface area contributed by atoms with Crippen LogP contribution in [0.1, 0.15) is 32.3 Å². The molecule has 2 heterocycles. The summed E-state index contributed by atoms with van der Waals surface area (Å²) in [5.74, 6) is 0.875. The van der Waals surface area contributed by atoms with Crippen molar-refractivity contribution >= 4 is 0 Å². The van der Waals surface area contributed by atoms with Crippen molar-refractivity contribution in [2.45, 2.75) is 33.1 Å². The Hall–Kier alpha value is -0.900. The summed E-state index contributed by atoms with van der Waals surface area (Å²) in [6.07, 6.45) is 3.89. The van der Waals surface area contributed by atoms with Crippen LogP contribution in [-0.2, 0) is 11.2 Å². The molecule has 0 unspecified atom stereocenters. The second kappa shape index (κ2) is 7.02. The molecule has 3 aliphatic rings. The van der Waals surface area contributed by atoms with Crippen LogP contribution < -0.4 is 0 Å². The van der Waals surface area contributed by atoms with E-state index in [1.807, 2.05) is 0 Å². The largest absolute Gasteiger partial charge is 0.379 e. The fourth-order valence-corrected chi connectivity index (χ4v) is 5.97. The molecule has 1 aromatic carbocycles. The van der Waals surface area contributed by atoms with E-state index < -0.39 is 0 Å². The number of benzene rings is 1. The van der Waals surface area contributed by atoms with Crippen molar-refractivity contribution in [2.24, 2.45) is 16.7 Å². The molecule has 25 heavy (non-hydrogen) atoms. The standard InChI is InChI=1S/C22H34N2O/c1-21(2)16-22(17-23-11-13-25-14-12-23)18-24(15-20(21)22)10-6-9-19-7-4-3-5-8-19/h3-5,7-8,20H,6,9-18H2,1-2H3/t20-,22+/m1/s1. The van der Waals surface area contributed by atoms with Crippen molar-refractivity contribution in [2.75, 3.05) is 52.5 Å². The monoisotopic (exact) mass is 342 g/mol. The average Bonchev–Trinajstić information content (AvgIpc) is 2.90. The van der Waals surface area contributed by atoms with Gasteiger partial charge in [-0.3, -0.25) is 4.90 Å². The zero-order valence-corrected chi connectivity index (χ0v) is 16.0. The van der Waals surface area contributed by atoms with Crippen LogP contribution in [0.15, 0.2) is 30.3 Å². The summed E-state index contributed by atoms with van der Waals surface area (Å²) in [5, 5.41) is 0. The van der Waals surface area contributed by atoms with Crippen molar-refractivity contribution in [3.8, 4) is 0 Å². The Morgan fingerprint density at radius 2 is 1.84 bits per heavy atom. The summed E-state index contributed by atoms with van der Waals surface area (Å²) >= 11 is 0. The SMILES string of the molecule is CC1(C)C[C@]2(CN3CCOCC3)CN(CCCc3ccccc3)C[C@H]12. The zero-order chi connectivity index (χ0) is 17.3. The van der Waals surface area contributed by atoms with Gasteiger partial charge in [0, 0.05) is 38.1 Å². The number of fused-ring (bicyclic) bond motifs is 1. The molecule has 1 aromatic rings. The molecule has 3 nitrogen and oxygen atoms in total. The van der Waals surface area contributed by atoms with Crippen molar-refractivity contribution in [3.63, 3.8) is 0 Å². The fourth-order valence-electron chi connectivity index (χ4n) is 5.97. The van der Waals surface area contributed by atoms with Crippen LogP contribution in [0.25, 0.3) is 0 Å². The average molecular weight is 343 g/mol. The van der Waals surface area contributed by atoms with Gasteiger partial charge in [0.2, 0.25) is 0 Å². The van der Waals surface area contributed by atoms with Crippen molar-refractivity contribution in [1.82, 2.24) is 9.80 Å². The van der Waals surface area contributed by atoms with Gasteiger partial charge in [0.15, 0.2) is 0 Å². The van der Waals surface area contributed by atoms with E-state index >= 15 is 0 Å². The van der Waals surface area contributed by atoms with Crippen LogP contribution in [0.5, 0.6) is 0 Å². The Kier molecular flexibility index (Phi) is 4.91. The van der Waals surface area contributed by atoms with Gasteiger partial charge in [0.25, 0.3) is 0 Å².